The Labute approximate surface area is 104 Å². The summed E-state index contributed by atoms with van der Waals surface area (Å²) < 4.78 is 0. The minimum atomic E-state index is -1.09. The van der Waals surface area contributed by atoms with E-state index >= 15 is 0 Å². The topological polar surface area (TPSA) is 53.0 Å². The summed E-state index contributed by atoms with van der Waals surface area (Å²) in [4.78, 5) is 15.8. The molecule has 0 N–H and O–H groups in total. The molecule has 0 fully saturated rings. The third kappa shape index (κ3) is 2.71. The molecule has 0 saturated heterocycles. The number of benzene rings is 1. The molecule has 4 heteroatoms. The van der Waals surface area contributed by atoms with Crippen LogP contribution in [-0.2, 0) is 11.2 Å². The molecule has 1 heterocycles. The average Bonchev–Trinajstić information content (AvgIpc) is 2.60. The number of carboxylic acids is 1. The Morgan fingerprint density at radius 2 is 1.94 bits per heavy atom. The molecule has 0 atom stereocenters. The lowest BCUT2D eigenvalue weighted by Gasteiger charge is -1.98. The predicted molar refractivity (Wildman–Crippen MR) is 65.7 cm³/mol. The number of aliphatic carboxylic acids is 1. The summed E-state index contributed by atoms with van der Waals surface area (Å²) in [5.41, 5.74) is 2.82. The smallest absolute Gasteiger partial charge is 0.123 e. The van der Waals surface area contributed by atoms with Gasteiger partial charge in [0.25, 0.3) is 0 Å². The van der Waals surface area contributed by atoms with Crippen molar-refractivity contribution in [3.05, 3.63) is 40.4 Å². The van der Waals surface area contributed by atoms with E-state index in [0.717, 1.165) is 15.4 Å². The summed E-state index contributed by atoms with van der Waals surface area (Å²) in [7, 11) is 0. The molecular formula is C13H12NO2S-. The quantitative estimate of drug-likeness (QED) is 0.828. The van der Waals surface area contributed by atoms with Crippen LogP contribution in [0.2, 0.25) is 0 Å². The van der Waals surface area contributed by atoms with Crippen molar-refractivity contribution < 1.29 is 9.90 Å². The van der Waals surface area contributed by atoms with Crippen LogP contribution in [0, 0.1) is 13.8 Å². The van der Waals surface area contributed by atoms with Gasteiger partial charge in [0.15, 0.2) is 0 Å². The minimum Gasteiger partial charge on any atom is -0.550 e. The summed E-state index contributed by atoms with van der Waals surface area (Å²) in [6, 6.07) is 8.03. The maximum Gasteiger partial charge on any atom is 0.123 e. The number of carboxylic acid groups (broad SMARTS) is 1. The number of thiazole rings is 1. The zero-order chi connectivity index (χ0) is 12.4. The lowest BCUT2D eigenvalue weighted by atomic mass is 10.2. The van der Waals surface area contributed by atoms with Crippen molar-refractivity contribution in [3.63, 3.8) is 0 Å². The average molecular weight is 246 g/mol. The van der Waals surface area contributed by atoms with Gasteiger partial charge in [-0.2, -0.15) is 0 Å². The van der Waals surface area contributed by atoms with Gasteiger partial charge >= 0.3 is 0 Å². The number of hydrogen-bond acceptors (Lipinski definition) is 4. The molecule has 2 aromatic rings. The van der Waals surface area contributed by atoms with Gasteiger partial charge in [0.2, 0.25) is 0 Å². The van der Waals surface area contributed by atoms with Gasteiger partial charge in [-0.3, -0.25) is 0 Å². The highest BCUT2D eigenvalue weighted by molar-refractivity contribution is 7.15. The summed E-state index contributed by atoms with van der Waals surface area (Å²) in [5.74, 6) is -1.09. The van der Waals surface area contributed by atoms with E-state index in [-0.39, 0.29) is 6.42 Å². The van der Waals surface area contributed by atoms with Gasteiger partial charge in [0.05, 0.1) is 5.69 Å². The number of carbonyl (C=O) groups excluding carboxylic acids is 1. The Morgan fingerprint density at radius 3 is 2.53 bits per heavy atom. The van der Waals surface area contributed by atoms with Crippen molar-refractivity contribution >= 4 is 17.3 Å². The van der Waals surface area contributed by atoms with Crippen molar-refractivity contribution in [2.75, 3.05) is 0 Å². The van der Waals surface area contributed by atoms with Crippen LogP contribution in [0.3, 0.4) is 0 Å². The van der Waals surface area contributed by atoms with E-state index in [9.17, 15) is 9.90 Å². The van der Waals surface area contributed by atoms with Gasteiger partial charge in [-0.1, -0.05) is 29.8 Å². The molecule has 3 nitrogen and oxygen atoms in total. The molecule has 0 amide bonds. The van der Waals surface area contributed by atoms with Gasteiger partial charge in [-0.15, -0.1) is 11.3 Å². The second-order valence-electron chi connectivity index (χ2n) is 3.94. The summed E-state index contributed by atoms with van der Waals surface area (Å²) in [5, 5.41) is 11.4. The molecule has 1 aromatic heterocycles. The van der Waals surface area contributed by atoms with E-state index in [1.165, 1.54) is 16.9 Å². The van der Waals surface area contributed by atoms with Gasteiger partial charge in [-0.05, 0) is 13.8 Å². The van der Waals surface area contributed by atoms with E-state index in [2.05, 4.69) is 4.98 Å². The third-order valence-corrected chi connectivity index (χ3v) is 3.57. The Hall–Kier alpha value is -1.68. The monoisotopic (exact) mass is 246 g/mol. The molecule has 1 aromatic carbocycles. The standard InChI is InChI=1S/C13H13NO2S/c1-8-3-5-10(6-4-8)13-14-11(7-12(15)16)9(2)17-13/h3-6H,7H2,1-2H3,(H,15,16)/p-1. The molecule has 0 aliphatic rings. The van der Waals surface area contributed by atoms with Crippen LogP contribution in [0.15, 0.2) is 24.3 Å². The fraction of sp³-hybridized carbons (Fsp3) is 0.231. The van der Waals surface area contributed by atoms with E-state index in [4.69, 9.17) is 0 Å². The van der Waals surface area contributed by atoms with Gasteiger partial charge in [-0.25, -0.2) is 4.98 Å². The molecular weight excluding hydrogens is 234 g/mol. The first-order valence-corrected chi connectivity index (χ1v) is 6.11. The normalized spacial score (nSPS) is 10.5. The number of aryl methyl sites for hydroxylation is 2. The van der Waals surface area contributed by atoms with E-state index < -0.39 is 5.97 Å². The van der Waals surface area contributed by atoms with Gasteiger partial charge < -0.3 is 9.90 Å². The van der Waals surface area contributed by atoms with Crippen LogP contribution in [0.25, 0.3) is 10.6 Å². The Morgan fingerprint density at radius 1 is 1.29 bits per heavy atom. The number of hydrogen-bond donors (Lipinski definition) is 0. The second-order valence-corrected chi connectivity index (χ2v) is 5.14. The lowest BCUT2D eigenvalue weighted by molar-refractivity contribution is -0.304. The van der Waals surface area contributed by atoms with Gasteiger partial charge in [0.1, 0.15) is 5.01 Å². The minimum absolute atomic E-state index is 0.117. The largest absolute Gasteiger partial charge is 0.550 e. The van der Waals surface area contributed by atoms with Crippen LogP contribution in [0.1, 0.15) is 16.1 Å². The highest BCUT2D eigenvalue weighted by Crippen LogP contribution is 2.27. The predicted octanol–water partition coefficient (Wildman–Crippen LogP) is 1.72. The molecule has 0 bridgehead atoms. The van der Waals surface area contributed by atoms with E-state index in [1.54, 1.807) is 0 Å². The molecule has 2 rings (SSSR count). The van der Waals surface area contributed by atoms with Crippen molar-refractivity contribution in [2.24, 2.45) is 0 Å². The van der Waals surface area contributed by atoms with Crippen LogP contribution in [-0.4, -0.2) is 11.0 Å². The fourth-order valence-corrected chi connectivity index (χ4v) is 2.48. The Balaban J connectivity index is 2.34. The first-order valence-electron chi connectivity index (χ1n) is 5.29. The molecule has 0 radical (unpaired) electrons. The SMILES string of the molecule is Cc1ccc(-c2nc(CC(=O)[O-])c(C)s2)cc1. The van der Waals surface area contributed by atoms with Crippen LogP contribution in [0.4, 0.5) is 0 Å². The molecule has 0 aliphatic heterocycles. The fourth-order valence-electron chi connectivity index (χ4n) is 1.55. The summed E-state index contributed by atoms with van der Waals surface area (Å²) in [6.07, 6.45) is -0.117. The molecule has 0 spiro atoms. The highest BCUT2D eigenvalue weighted by Gasteiger charge is 2.09. The number of rotatable bonds is 3. The molecule has 0 aliphatic carbocycles. The van der Waals surface area contributed by atoms with Crippen LogP contribution >= 0.6 is 11.3 Å². The van der Waals surface area contributed by atoms with Crippen LogP contribution < -0.4 is 5.11 Å². The Kier molecular flexibility index (Phi) is 3.24. The van der Waals surface area contributed by atoms with Crippen molar-refractivity contribution in [1.82, 2.24) is 4.98 Å². The summed E-state index contributed by atoms with van der Waals surface area (Å²) in [6.45, 7) is 3.91. The maximum absolute atomic E-state index is 10.6. The first-order chi connectivity index (χ1) is 8.06. The van der Waals surface area contributed by atoms with Crippen LogP contribution in [0.5, 0.6) is 0 Å². The van der Waals surface area contributed by atoms with Crippen molar-refractivity contribution in [2.45, 2.75) is 20.3 Å². The second kappa shape index (κ2) is 4.67. The molecule has 0 unspecified atom stereocenters. The number of carbonyl (C=O) groups is 1. The lowest BCUT2D eigenvalue weighted by Crippen LogP contribution is -2.24. The Bertz CT molecular complexity index is 543. The molecule has 17 heavy (non-hydrogen) atoms. The van der Waals surface area contributed by atoms with Crippen molar-refractivity contribution in [3.8, 4) is 10.6 Å². The highest BCUT2D eigenvalue weighted by atomic mass is 32.1. The number of aromatic nitrogens is 1. The molecule has 0 saturated carbocycles. The van der Waals surface area contributed by atoms with Gasteiger partial charge in [0, 0.05) is 22.8 Å². The zero-order valence-corrected chi connectivity index (χ0v) is 10.5. The first kappa shape index (κ1) is 11.8. The maximum atomic E-state index is 10.6. The van der Waals surface area contributed by atoms with E-state index in [0.29, 0.717) is 5.69 Å². The summed E-state index contributed by atoms with van der Waals surface area (Å²) >= 11 is 1.51. The molecule has 88 valence electrons. The van der Waals surface area contributed by atoms with E-state index in [1.807, 2.05) is 38.1 Å². The van der Waals surface area contributed by atoms with Crippen molar-refractivity contribution in [1.29, 1.82) is 0 Å². The third-order valence-electron chi connectivity index (χ3n) is 2.50. The zero-order valence-electron chi connectivity index (χ0n) is 9.69. The number of nitrogens with zero attached hydrogens (tertiary/aromatic N) is 1.